The van der Waals surface area contributed by atoms with Crippen LogP contribution in [0.15, 0.2) is 18.2 Å². The van der Waals surface area contributed by atoms with Crippen LogP contribution in [0.3, 0.4) is 0 Å². The van der Waals surface area contributed by atoms with Gasteiger partial charge in [-0.25, -0.2) is 9.37 Å². The molecule has 1 amide bonds. The molecule has 0 fully saturated rings. The summed E-state index contributed by atoms with van der Waals surface area (Å²) in [6.45, 7) is 7.09. The fourth-order valence-corrected chi connectivity index (χ4v) is 2.95. The van der Waals surface area contributed by atoms with Crippen molar-refractivity contribution in [1.82, 2.24) is 9.88 Å². The molecule has 1 N–H and O–H groups in total. The van der Waals surface area contributed by atoms with E-state index in [0.29, 0.717) is 23.7 Å². The van der Waals surface area contributed by atoms with Gasteiger partial charge in [-0.05, 0) is 32.9 Å². The fraction of sp³-hybridized carbons (Fsp3) is 0.429. The molecule has 6 heteroatoms. The third-order valence-corrected chi connectivity index (χ3v) is 4.10. The van der Waals surface area contributed by atoms with Crippen LogP contribution in [0.1, 0.15) is 20.8 Å². The maximum absolute atomic E-state index is 13.1. The van der Waals surface area contributed by atoms with Crippen molar-refractivity contribution in [1.29, 1.82) is 0 Å². The number of fused-ring (bicyclic) bond motifs is 1. The first-order chi connectivity index (χ1) is 9.55. The van der Waals surface area contributed by atoms with E-state index < -0.39 is 0 Å². The summed E-state index contributed by atoms with van der Waals surface area (Å²) in [6.07, 6.45) is 0. The minimum absolute atomic E-state index is 0.0421. The Labute approximate surface area is 121 Å². The van der Waals surface area contributed by atoms with E-state index in [9.17, 15) is 9.18 Å². The molecule has 0 aliphatic heterocycles. The van der Waals surface area contributed by atoms with Crippen molar-refractivity contribution >= 4 is 32.6 Å². The predicted molar refractivity (Wildman–Crippen MR) is 80.6 cm³/mol. The first-order valence-corrected chi connectivity index (χ1v) is 7.48. The number of carbonyl (C=O) groups excluding carboxylic acids is 1. The Bertz CT molecular complexity index is 609. The lowest BCUT2D eigenvalue weighted by atomic mass is 10.3. The molecule has 0 bridgehead atoms. The van der Waals surface area contributed by atoms with Gasteiger partial charge in [0.25, 0.3) is 0 Å². The largest absolute Gasteiger partial charge is 0.350 e. The van der Waals surface area contributed by atoms with Gasteiger partial charge in [-0.1, -0.05) is 11.3 Å². The lowest BCUT2D eigenvalue weighted by Crippen LogP contribution is -2.41. The van der Waals surface area contributed by atoms with E-state index in [1.54, 1.807) is 11.0 Å². The minimum atomic E-state index is -0.347. The number of nitrogens with one attached hydrogen (secondary N) is 1. The normalized spacial score (nSPS) is 12.4. The number of anilines is 1. The van der Waals surface area contributed by atoms with Gasteiger partial charge in [0.2, 0.25) is 5.91 Å². The number of hydrogen-bond acceptors (Lipinski definition) is 4. The van der Waals surface area contributed by atoms with Gasteiger partial charge in [0.1, 0.15) is 11.9 Å². The Balaban J connectivity index is 2.13. The molecule has 2 aromatic rings. The quantitative estimate of drug-likeness (QED) is 0.922. The van der Waals surface area contributed by atoms with Gasteiger partial charge >= 0.3 is 0 Å². The van der Waals surface area contributed by atoms with E-state index in [-0.39, 0.29) is 17.8 Å². The van der Waals surface area contributed by atoms with Crippen LogP contribution in [-0.4, -0.2) is 34.9 Å². The molecule has 4 nitrogen and oxygen atoms in total. The number of aromatic nitrogens is 1. The number of amides is 1. The second-order valence-electron chi connectivity index (χ2n) is 4.51. The number of halogens is 1. The SMILES string of the molecule is CCN(CC)C(=O)C(C)Nc1nc2cc(F)ccc2s1. The number of rotatable bonds is 5. The molecule has 1 atom stereocenters. The molecule has 0 saturated carbocycles. The summed E-state index contributed by atoms with van der Waals surface area (Å²) in [6, 6.07) is 4.16. The Morgan fingerprint density at radius 3 is 2.80 bits per heavy atom. The van der Waals surface area contributed by atoms with Crippen LogP contribution in [0.25, 0.3) is 10.2 Å². The van der Waals surface area contributed by atoms with Gasteiger partial charge in [-0.15, -0.1) is 0 Å². The summed E-state index contributed by atoms with van der Waals surface area (Å²) in [5, 5.41) is 3.73. The molecule has 0 spiro atoms. The number of thiazole rings is 1. The smallest absolute Gasteiger partial charge is 0.244 e. The van der Waals surface area contributed by atoms with Crippen LogP contribution in [0.2, 0.25) is 0 Å². The van der Waals surface area contributed by atoms with Gasteiger partial charge in [-0.3, -0.25) is 4.79 Å². The van der Waals surface area contributed by atoms with Crippen LogP contribution in [0.5, 0.6) is 0 Å². The van der Waals surface area contributed by atoms with Crippen LogP contribution in [0, 0.1) is 5.82 Å². The molecule has 1 aromatic heterocycles. The van der Waals surface area contributed by atoms with Crippen LogP contribution in [0.4, 0.5) is 9.52 Å². The van der Waals surface area contributed by atoms with E-state index in [4.69, 9.17) is 0 Å². The lowest BCUT2D eigenvalue weighted by Gasteiger charge is -2.23. The van der Waals surface area contributed by atoms with Crippen molar-refractivity contribution < 1.29 is 9.18 Å². The molecule has 20 heavy (non-hydrogen) atoms. The van der Waals surface area contributed by atoms with E-state index in [2.05, 4.69) is 10.3 Å². The van der Waals surface area contributed by atoms with Crippen molar-refractivity contribution in [2.45, 2.75) is 26.8 Å². The zero-order chi connectivity index (χ0) is 14.7. The number of nitrogens with zero attached hydrogens (tertiary/aromatic N) is 2. The van der Waals surface area contributed by atoms with Crippen molar-refractivity contribution in [2.24, 2.45) is 0 Å². The Hall–Kier alpha value is -1.69. The van der Waals surface area contributed by atoms with Crippen LogP contribution in [-0.2, 0) is 4.79 Å². The molecule has 0 aliphatic rings. The second-order valence-corrected chi connectivity index (χ2v) is 5.54. The minimum Gasteiger partial charge on any atom is -0.350 e. The second kappa shape index (κ2) is 6.17. The van der Waals surface area contributed by atoms with Crippen LogP contribution < -0.4 is 5.32 Å². The molecule has 0 aliphatic carbocycles. The molecular weight excluding hydrogens is 277 g/mol. The third kappa shape index (κ3) is 3.07. The van der Waals surface area contributed by atoms with Gasteiger partial charge < -0.3 is 10.2 Å². The van der Waals surface area contributed by atoms with E-state index in [0.717, 1.165) is 4.70 Å². The van der Waals surface area contributed by atoms with E-state index in [1.165, 1.54) is 23.5 Å². The Morgan fingerprint density at radius 2 is 2.15 bits per heavy atom. The van der Waals surface area contributed by atoms with Crippen molar-refractivity contribution in [3.05, 3.63) is 24.0 Å². The molecule has 1 unspecified atom stereocenters. The number of carbonyl (C=O) groups is 1. The maximum Gasteiger partial charge on any atom is 0.244 e. The topological polar surface area (TPSA) is 45.2 Å². The molecule has 1 aromatic carbocycles. The number of likely N-dealkylation sites (N-methyl/N-ethyl adjacent to an activating group) is 1. The molecule has 1 heterocycles. The van der Waals surface area contributed by atoms with Crippen molar-refractivity contribution in [2.75, 3.05) is 18.4 Å². The summed E-state index contributed by atoms with van der Waals surface area (Å²) in [4.78, 5) is 18.2. The van der Waals surface area contributed by atoms with Crippen LogP contribution >= 0.6 is 11.3 Å². The average Bonchev–Trinajstić information content (AvgIpc) is 2.81. The molecule has 2 rings (SSSR count). The average molecular weight is 295 g/mol. The Morgan fingerprint density at radius 1 is 1.45 bits per heavy atom. The highest BCUT2D eigenvalue weighted by atomic mass is 32.1. The zero-order valence-corrected chi connectivity index (χ0v) is 12.6. The number of benzene rings is 1. The first kappa shape index (κ1) is 14.7. The highest BCUT2D eigenvalue weighted by Gasteiger charge is 2.19. The highest BCUT2D eigenvalue weighted by molar-refractivity contribution is 7.22. The first-order valence-electron chi connectivity index (χ1n) is 6.66. The molecular formula is C14H18FN3OS. The predicted octanol–water partition coefficient (Wildman–Crippen LogP) is 3.10. The van der Waals surface area contributed by atoms with Gasteiger partial charge in [0.15, 0.2) is 5.13 Å². The summed E-state index contributed by atoms with van der Waals surface area (Å²) in [5.41, 5.74) is 0.611. The molecule has 0 saturated heterocycles. The maximum atomic E-state index is 13.1. The highest BCUT2D eigenvalue weighted by Crippen LogP contribution is 2.26. The van der Waals surface area contributed by atoms with Crippen molar-refractivity contribution in [3.63, 3.8) is 0 Å². The monoisotopic (exact) mass is 295 g/mol. The fourth-order valence-electron chi connectivity index (χ4n) is 2.02. The molecule has 108 valence electrons. The Kier molecular flexibility index (Phi) is 4.54. The summed E-state index contributed by atoms with van der Waals surface area (Å²) in [5.74, 6) is -0.262. The number of hydrogen-bond donors (Lipinski definition) is 1. The van der Waals surface area contributed by atoms with E-state index >= 15 is 0 Å². The zero-order valence-electron chi connectivity index (χ0n) is 11.8. The van der Waals surface area contributed by atoms with Gasteiger partial charge in [-0.2, -0.15) is 0 Å². The van der Waals surface area contributed by atoms with Crippen molar-refractivity contribution in [3.8, 4) is 0 Å². The van der Waals surface area contributed by atoms with Gasteiger partial charge in [0.05, 0.1) is 10.2 Å². The van der Waals surface area contributed by atoms with Gasteiger partial charge in [0, 0.05) is 19.2 Å². The standard InChI is InChI=1S/C14H18FN3OS/c1-4-18(5-2)13(19)9(3)16-14-17-11-8-10(15)6-7-12(11)20-14/h6-9H,4-5H2,1-3H3,(H,16,17). The summed E-state index contributed by atoms with van der Waals surface area (Å²) >= 11 is 1.42. The summed E-state index contributed by atoms with van der Waals surface area (Å²) < 4.78 is 14.0. The summed E-state index contributed by atoms with van der Waals surface area (Å²) in [7, 11) is 0. The molecule has 0 radical (unpaired) electrons. The third-order valence-electron chi connectivity index (χ3n) is 3.14. The van der Waals surface area contributed by atoms with E-state index in [1.807, 2.05) is 20.8 Å². The lowest BCUT2D eigenvalue weighted by molar-refractivity contribution is -0.131.